The van der Waals surface area contributed by atoms with E-state index in [0.29, 0.717) is 11.5 Å². The normalized spacial score (nSPS) is 17.2. The number of thioether (sulfide) groups is 1. The van der Waals surface area contributed by atoms with E-state index in [9.17, 15) is 15.0 Å². The van der Waals surface area contributed by atoms with Crippen molar-refractivity contribution in [1.29, 1.82) is 0 Å². The van der Waals surface area contributed by atoms with Crippen LogP contribution in [0.25, 0.3) is 0 Å². The zero-order chi connectivity index (χ0) is 18.5. The Bertz CT molecular complexity index is 473. The average molecular weight is 374 g/mol. The summed E-state index contributed by atoms with van der Waals surface area (Å²) in [6, 6.07) is 2.98. The van der Waals surface area contributed by atoms with Crippen molar-refractivity contribution in [3.8, 4) is 0 Å². The van der Waals surface area contributed by atoms with Gasteiger partial charge in [0.05, 0.1) is 31.9 Å². The molecule has 0 amide bonds. The van der Waals surface area contributed by atoms with Gasteiger partial charge in [-0.3, -0.25) is 4.98 Å². The van der Waals surface area contributed by atoms with E-state index in [0.717, 1.165) is 32.8 Å². The van der Waals surface area contributed by atoms with Gasteiger partial charge in [-0.15, -0.1) is 0 Å². The number of pyridine rings is 1. The molecule has 0 aromatic carbocycles. The Hall–Kier alpha value is -1.23. The van der Waals surface area contributed by atoms with Gasteiger partial charge >= 0.3 is 0 Å². The molecule has 4 N–H and O–H groups in total. The number of nitrogens with zero attached hydrogens (tertiary/aromatic N) is 1. The number of nitrogens with one attached hydrogen (secondary N) is 1. The Labute approximate surface area is 151 Å². The fourth-order valence-corrected chi connectivity index (χ4v) is 3.04. The third-order valence-corrected chi connectivity index (χ3v) is 4.69. The average Bonchev–Trinajstić information content (AvgIpc) is 2.63. The second kappa shape index (κ2) is 13.0. The molecule has 0 aliphatic carbocycles. The van der Waals surface area contributed by atoms with Gasteiger partial charge in [-0.2, -0.15) is 11.8 Å². The summed E-state index contributed by atoms with van der Waals surface area (Å²) in [6.45, 7) is 4.00. The maximum absolute atomic E-state index is 10.0. The second-order valence-corrected chi connectivity index (χ2v) is 6.70. The van der Waals surface area contributed by atoms with Crippen LogP contribution in [0.5, 0.6) is 0 Å². The van der Waals surface area contributed by atoms with Gasteiger partial charge in [0.15, 0.2) is 0 Å². The predicted molar refractivity (Wildman–Crippen MR) is 91.4 cm³/mol. The monoisotopic (exact) mass is 374 g/mol. The van der Waals surface area contributed by atoms with Crippen LogP contribution in [0.2, 0.25) is 0 Å². The summed E-state index contributed by atoms with van der Waals surface area (Å²) < 4.78 is 5.24. The highest BCUT2D eigenvalue weighted by molar-refractivity contribution is 7.99. The summed E-state index contributed by atoms with van der Waals surface area (Å²) in [7, 11) is 0. The molecule has 8 nitrogen and oxygen atoms in total. The third-order valence-electron chi connectivity index (χ3n) is 3.45. The van der Waals surface area contributed by atoms with Gasteiger partial charge in [0, 0.05) is 29.5 Å². The van der Waals surface area contributed by atoms with E-state index in [-0.39, 0.29) is 18.3 Å². The highest BCUT2D eigenvalue weighted by atomic mass is 32.2. The fourth-order valence-electron chi connectivity index (χ4n) is 2.13. The number of carboxylic acid groups (broad SMARTS) is 1. The van der Waals surface area contributed by atoms with Crippen molar-refractivity contribution in [2.75, 3.05) is 51.0 Å². The first kappa shape index (κ1) is 21.8. The number of hydrogen-bond acceptors (Lipinski definition) is 8. The van der Waals surface area contributed by atoms with Crippen molar-refractivity contribution in [1.82, 2.24) is 4.98 Å². The molecule has 25 heavy (non-hydrogen) atoms. The van der Waals surface area contributed by atoms with Crippen LogP contribution in [0.4, 0.5) is 0 Å². The summed E-state index contributed by atoms with van der Waals surface area (Å²) in [5.74, 6) is -0.101. The molecule has 2 rings (SSSR count). The minimum Gasteiger partial charge on any atom is -0.545 e. The maximum atomic E-state index is 10.0. The summed E-state index contributed by atoms with van der Waals surface area (Å²) in [5.41, 5.74) is 0.109. The maximum Gasteiger partial charge on any atom is 0.112 e. The number of aromatic nitrogens is 1. The van der Waals surface area contributed by atoms with Crippen LogP contribution in [-0.2, 0) is 4.74 Å². The standard InChI is InChI=1S/C10H21NO4S.C6H5NO2/c12-6-10(14)8-16-7-9(13)5-11-1-3-15-4-2-11;8-6(9)5-2-1-3-7-4-5/h9-10,12-14H,1-8H2;1-4H,(H,8,9). The molecule has 0 radical (unpaired) electrons. The van der Waals surface area contributed by atoms with Gasteiger partial charge in [-0.05, 0) is 6.07 Å². The Morgan fingerprint density at radius 1 is 1.32 bits per heavy atom. The number of carboxylic acids is 1. The van der Waals surface area contributed by atoms with Crippen molar-refractivity contribution in [2.45, 2.75) is 12.2 Å². The molecule has 0 bridgehead atoms. The molecule has 1 aliphatic rings. The van der Waals surface area contributed by atoms with E-state index in [1.165, 1.54) is 35.1 Å². The number of hydrogen-bond donors (Lipinski definition) is 4. The lowest BCUT2D eigenvalue weighted by Crippen LogP contribution is -3.15. The smallest absolute Gasteiger partial charge is 0.112 e. The highest BCUT2D eigenvalue weighted by Crippen LogP contribution is 2.04. The van der Waals surface area contributed by atoms with E-state index in [2.05, 4.69) is 4.98 Å². The summed E-state index contributed by atoms with van der Waals surface area (Å²) in [4.78, 5) is 15.0. The number of quaternary nitrogens is 1. The molecule has 2 heterocycles. The Morgan fingerprint density at radius 3 is 2.52 bits per heavy atom. The Balaban J connectivity index is 0.000000293. The van der Waals surface area contributed by atoms with Crippen LogP contribution in [0, 0.1) is 0 Å². The van der Waals surface area contributed by atoms with E-state index in [4.69, 9.17) is 14.9 Å². The zero-order valence-electron chi connectivity index (χ0n) is 14.0. The summed E-state index contributed by atoms with van der Waals surface area (Å²) >= 11 is 1.48. The van der Waals surface area contributed by atoms with Crippen molar-refractivity contribution in [3.05, 3.63) is 30.1 Å². The van der Waals surface area contributed by atoms with Crippen molar-refractivity contribution >= 4 is 17.7 Å². The molecule has 142 valence electrons. The van der Waals surface area contributed by atoms with Gasteiger partial charge in [0.1, 0.15) is 25.7 Å². The van der Waals surface area contributed by atoms with Crippen LogP contribution in [-0.4, -0.2) is 89.4 Å². The second-order valence-electron chi connectivity index (χ2n) is 5.62. The van der Waals surface area contributed by atoms with Crippen LogP contribution in [0.3, 0.4) is 0 Å². The molecule has 0 spiro atoms. The molecular weight excluding hydrogens is 348 g/mol. The third kappa shape index (κ3) is 10.4. The number of aliphatic hydroxyl groups excluding tert-OH is 3. The van der Waals surface area contributed by atoms with Crippen LogP contribution in [0.15, 0.2) is 24.5 Å². The molecule has 9 heteroatoms. The van der Waals surface area contributed by atoms with Crippen molar-refractivity contribution in [2.24, 2.45) is 0 Å². The van der Waals surface area contributed by atoms with Crippen LogP contribution >= 0.6 is 11.8 Å². The topological polar surface area (TPSA) is 127 Å². The minimum atomic E-state index is -1.19. The van der Waals surface area contributed by atoms with E-state index >= 15 is 0 Å². The van der Waals surface area contributed by atoms with Crippen LogP contribution in [0.1, 0.15) is 10.4 Å². The number of carbonyl (C=O) groups excluding carboxylic acids is 1. The lowest BCUT2D eigenvalue weighted by molar-refractivity contribution is -0.910. The van der Waals surface area contributed by atoms with Crippen molar-refractivity contribution in [3.63, 3.8) is 0 Å². The van der Waals surface area contributed by atoms with E-state index in [1.807, 2.05) is 0 Å². The quantitative estimate of drug-likeness (QED) is 0.375. The van der Waals surface area contributed by atoms with Gasteiger partial charge in [0.2, 0.25) is 0 Å². The largest absolute Gasteiger partial charge is 0.545 e. The molecular formula is C16H26N2O6S. The highest BCUT2D eigenvalue weighted by Gasteiger charge is 2.18. The molecule has 2 atom stereocenters. The lowest BCUT2D eigenvalue weighted by atomic mass is 10.3. The predicted octanol–water partition coefficient (Wildman–Crippen LogP) is -3.21. The van der Waals surface area contributed by atoms with Crippen LogP contribution < -0.4 is 10.0 Å². The molecule has 2 unspecified atom stereocenters. The molecule has 1 aliphatic heterocycles. The lowest BCUT2D eigenvalue weighted by Gasteiger charge is -2.25. The first-order valence-corrected chi connectivity index (χ1v) is 9.25. The Morgan fingerprint density at radius 2 is 2.00 bits per heavy atom. The van der Waals surface area contributed by atoms with Gasteiger partial charge < -0.3 is 34.9 Å². The molecule has 1 aromatic rings. The SMILES string of the molecule is O=C([O-])c1cccnc1.OCC(O)CSCC(O)C[NH+]1CCOCC1. The minimum absolute atomic E-state index is 0.109. The van der Waals surface area contributed by atoms with Gasteiger partial charge in [-0.25, -0.2) is 0 Å². The molecule has 1 saturated heterocycles. The first-order valence-electron chi connectivity index (χ1n) is 8.10. The Kier molecular flexibility index (Phi) is 11.4. The zero-order valence-corrected chi connectivity index (χ0v) is 14.9. The number of aromatic carboxylic acids is 1. The number of ether oxygens (including phenoxy) is 1. The van der Waals surface area contributed by atoms with Gasteiger partial charge in [-0.1, -0.05) is 6.07 Å². The molecule has 0 saturated carbocycles. The fraction of sp³-hybridized carbons (Fsp3) is 0.625. The van der Waals surface area contributed by atoms with Gasteiger partial charge in [0.25, 0.3) is 0 Å². The van der Waals surface area contributed by atoms with Crippen molar-refractivity contribution < 1.29 is 34.9 Å². The number of aliphatic hydroxyl groups is 3. The number of carbonyl (C=O) groups is 1. The van der Waals surface area contributed by atoms with E-state index < -0.39 is 12.1 Å². The molecule has 1 fully saturated rings. The number of rotatable bonds is 8. The first-order chi connectivity index (χ1) is 12.0. The summed E-state index contributed by atoms with van der Waals surface area (Å²) in [6.07, 6.45) is 1.74. The molecule has 1 aromatic heterocycles. The summed E-state index contributed by atoms with van der Waals surface area (Å²) in [5, 5.41) is 37.5. The van der Waals surface area contributed by atoms with E-state index in [1.54, 1.807) is 6.07 Å². The number of morpholine rings is 1.